The van der Waals surface area contributed by atoms with E-state index in [0.717, 1.165) is 29.4 Å². The molecule has 1 amide bonds. The lowest BCUT2D eigenvalue weighted by Crippen LogP contribution is -2.51. The first-order chi connectivity index (χ1) is 12.5. The molecule has 0 radical (unpaired) electrons. The zero-order chi connectivity index (χ0) is 18.5. The second kappa shape index (κ2) is 8.76. The van der Waals surface area contributed by atoms with Crippen LogP contribution in [-0.2, 0) is 4.79 Å². The molecule has 1 saturated heterocycles. The molecule has 1 atom stereocenters. The summed E-state index contributed by atoms with van der Waals surface area (Å²) in [6.07, 6.45) is 0. The molecule has 0 aromatic heterocycles. The number of carbonyl (C=O) groups excluding carboxylic acids is 1. The number of benzene rings is 2. The zero-order valence-corrected chi connectivity index (χ0v) is 16.3. The van der Waals surface area contributed by atoms with Gasteiger partial charge >= 0.3 is 0 Å². The van der Waals surface area contributed by atoms with Crippen molar-refractivity contribution in [2.24, 2.45) is 0 Å². The van der Waals surface area contributed by atoms with Crippen LogP contribution in [0.2, 0.25) is 10.0 Å². The van der Waals surface area contributed by atoms with Gasteiger partial charge in [-0.1, -0.05) is 47.5 Å². The van der Waals surface area contributed by atoms with Crippen molar-refractivity contribution < 1.29 is 4.79 Å². The summed E-state index contributed by atoms with van der Waals surface area (Å²) < 4.78 is 0. The molecule has 0 aliphatic carbocycles. The summed E-state index contributed by atoms with van der Waals surface area (Å²) in [4.78, 5) is 16.6. The molecule has 1 aliphatic rings. The molecule has 4 nitrogen and oxygen atoms in total. The van der Waals surface area contributed by atoms with E-state index < -0.39 is 0 Å². The normalized spacial score (nSPS) is 15.8. The minimum absolute atomic E-state index is 0.0978. The van der Waals surface area contributed by atoms with Crippen molar-refractivity contribution >= 4 is 34.8 Å². The second-order valence-electron chi connectivity index (χ2n) is 6.47. The van der Waals surface area contributed by atoms with Crippen molar-refractivity contribution in [3.05, 3.63) is 64.1 Å². The van der Waals surface area contributed by atoms with Gasteiger partial charge in [0, 0.05) is 37.2 Å². The average Bonchev–Trinajstić information content (AvgIpc) is 2.67. The Hall–Kier alpha value is -1.75. The van der Waals surface area contributed by atoms with Gasteiger partial charge in [0.25, 0.3) is 0 Å². The zero-order valence-electron chi connectivity index (χ0n) is 14.8. The average molecular weight is 392 g/mol. The summed E-state index contributed by atoms with van der Waals surface area (Å²) in [5, 5.41) is 4.77. The third-order valence-electron chi connectivity index (χ3n) is 4.75. The van der Waals surface area contributed by atoms with E-state index in [4.69, 9.17) is 23.2 Å². The number of halogens is 2. The highest BCUT2D eigenvalue weighted by atomic mass is 35.5. The number of carbonyl (C=O) groups is 1. The highest BCUT2D eigenvalue weighted by molar-refractivity contribution is 6.33. The maximum atomic E-state index is 12.5. The Morgan fingerprint density at radius 2 is 1.69 bits per heavy atom. The smallest absolute Gasteiger partial charge is 0.236 e. The summed E-state index contributed by atoms with van der Waals surface area (Å²) in [5.41, 5.74) is 2.15. The van der Waals surface area contributed by atoms with Gasteiger partial charge in [0.1, 0.15) is 0 Å². The van der Waals surface area contributed by atoms with Crippen LogP contribution in [0.3, 0.4) is 0 Å². The lowest BCUT2D eigenvalue weighted by molar-refractivity contribution is -0.130. The predicted molar refractivity (Wildman–Crippen MR) is 108 cm³/mol. The maximum absolute atomic E-state index is 12.5. The Kier molecular flexibility index (Phi) is 6.41. The Labute approximate surface area is 164 Å². The lowest BCUT2D eigenvalue weighted by atomic mass is 10.1. The van der Waals surface area contributed by atoms with Gasteiger partial charge in [0.15, 0.2) is 0 Å². The van der Waals surface area contributed by atoms with Crippen LogP contribution in [0.1, 0.15) is 18.5 Å². The minimum Gasteiger partial charge on any atom is -0.367 e. The molecule has 3 rings (SSSR count). The van der Waals surface area contributed by atoms with E-state index in [2.05, 4.69) is 10.2 Å². The van der Waals surface area contributed by atoms with Crippen molar-refractivity contribution in [1.82, 2.24) is 10.2 Å². The molecule has 0 bridgehead atoms. The standard InChI is InChI=1S/C20H23Cl2N3O/c1-15(16-6-8-17(21)9-7-16)23-14-20(26)25-12-10-24(11-13-25)19-5-3-2-4-18(19)22/h2-9,15,23H,10-14H2,1H3/t15-/m1/s1. The van der Waals surface area contributed by atoms with Crippen LogP contribution in [0, 0.1) is 0 Å². The number of rotatable bonds is 5. The van der Waals surface area contributed by atoms with Crippen molar-refractivity contribution in [3.8, 4) is 0 Å². The molecule has 1 N–H and O–H groups in total. The Balaban J connectivity index is 1.48. The van der Waals surface area contributed by atoms with Crippen LogP contribution in [0.25, 0.3) is 0 Å². The summed E-state index contributed by atoms with van der Waals surface area (Å²) in [6.45, 7) is 5.38. The van der Waals surface area contributed by atoms with Crippen molar-refractivity contribution in [1.29, 1.82) is 0 Å². The summed E-state index contributed by atoms with van der Waals surface area (Å²) in [6, 6.07) is 15.6. The number of hydrogen-bond donors (Lipinski definition) is 1. The third kappa shape index (κ3) is 4.70. The molecule has 0 spiro atoms. The van der Waals surface area contributed by atoms with Gasteiger partial charge < -0.3 is 15.1 Å². The first kappa shape index (κ1) is 19.0. The molecule has 1 fully saturated rings. The first-order valence-corrected chi connectivity index (χ1v) is 9.56. The number of piperazine rings is 1. The van der Waals surface area contributed by atoms with E-state index in [-0.39, 0.29) is 11.9 Å². The number of para-hydroxylation sites is 1. The fraction of sp³-hybridized carbons (Fsp3) is 0.350. The Morgan fingerprint density at radius 3 is 2.35 bits per heavy atom. The molecule has 2 aromatic rings. The molecule has 0 unspecified atom stereocenters. The summed E-state index contributed by atoms with van der Waals surface area (Å²) in [5.74, 6) is 0.129. The van der Waals surface area contributed by atoms with Gasteiger partial charge in [0.2, 0.25) is 5.91 Å². The Morgan fingerprint density at radius 1 is 1.04 bits per heavy atom. The van der Waals surface area contributed by atoms with E-state index in [1.54, 1.807) is 0 Å². The molecule has 1 aliphatic heterocycles. The fourth-order valence-electron chi connectivity index (χ4n) is 3.13. The fourth-order valence-corrected chi connectivity index (χ4v) is 3.51. The second-order valence-corrected chi connectivity index (χ2v) is 7.32. The van der Waals surface area contributed by atoms with Crippen LogP contribution in [0.15, 0.2) is 48.5 Å². The molecule has 2 aromatic carbocycles. The molecule has 26 heavy (non-hydrogen) atoms. The minimum atomic E-state index is 0.0978. The van der Waals surface area contributed by atoms with Gasteiger partial charge in [-0.2, -0.15) is 0 Å². The highest BCUT2D eigenvalue weighted by Crippen LogP contribution is 2.26. The number of nitrogens with one attached hydrogen (secondary N) is 1. The lowest BCUT2D eigenvalue weighted by Gasteiger charge is -2.36. The number of hydrogen-bond acceptors (Lipinski definition) is 3. The van der Waals surface area contributed by atoms with Gasteiger partial charge in [-0.3, -0.25) is 4.79 Å². The van der Waals surface area contributed by atoms with Gasteiger partial charge in [-0.15, -0.1) is 0 Å². The van der Waals surface area contributed by atoms with Crippen LogP contribution in [-0.4, -0.2) is 43.5 Å². The van der Waals surface area contributed by atoms with E-state index >= 15 is 0 Å². The van der Waals surface area contributed by atoms with Crippen LogP contribution in [0.5, 0.6) is 0 Å². The van der Waals surface area contributed by atoms with Crippen LogP contribution in [0.4, 0.5) is 5.69 Å². The van der Waals surface area contributed by atoms with E-state index in [9.17, 15) is 4.79 Å². The monoisotopic (exact) mass is 391 g/mol. The largest absolute Gasteiger partial charge is 0.367 e. The van der Waals surface area contributed by atoms with Gasteiger partial charge in [-0.05, 0) is 36.8 Å². The summed E-state index contributed by atoms with van der Waals surface area (Å²) >= 11 is 12.2. The van der Waals surface area contributed by atoms with Crippen molar-refractivity contribution in [2.45, 2.75) is 13.0 Å². The van der Waals surface area contributed by atoms with Crippen molar-refractivity contribution in [2.75, 3.05) is 37.6 Å². The molecule has 138 valence electrons. The Bertz CT molecular complexity index is 743. The third-order valence-corrected chi connectivity index (χ3v) is 5.33. The van der Waals surface area contributed by atoms with Gasteiger partial charge in [-0.25, -0.2) is 0 Å². The van der Waals surface area contributed by atoms with Crippen LogP contribution < -0.4 is 10.2 Å². The number of anilines is 1. The number of nitrogens with zero attached hydrogens (tertiary/aromatic N) is 2. The summed E-state index contributed by atoms with van der Waals surface area (Å²) in [7, 11) is 0. The molecule has 6 heteroatoms. The topological polar surface area (TPSA) is 35.6 Å². The molecular weight excluding hydrogens is 369 g/mol. The number of amides is 1. The molecular formula is C20H23Cl2N3O. The first-order valence-electron chi connectivity index (χ1n) is 8.80. The SMILES string of the molecule is C[C@@H](NCC(=O)N1CCN(c2ccccc2Cl)CC1)c1ccc(Cl)cc1. The van der Waals surface area contributed by atoms with E-state index in [1.807, 2.05) is 60.4 Å². The van der Waals surface area contributed by atoms with Crippen LogP contribution >= 0.6 is 23.2 Å². The van der Waals surface area contributed by atoms with E-state index in [1.165, 1.54) is 0 Å². The van der Waals surface area contributed by atoms with Crippen molar-refractivity contribution in [3.63, 3.8) is 0 Å². The highest BCUT2D eigenvalue weighted by Gasteiger charge is 2.22. The molecule has 1 heterocycles. The quantitative estimate of drug-likeness (QED) is 0.836. The van der Waals surface area contributed by atoms with Gasteiger partial charge in [0.05, 0.1) is 17.3 Å². The van der Waals surface area contributed by atoms with E-state index in [0.29, 0.717) is 24.7 Å². The maximum Gasteiger partial charge on any atom is 0.236 e. The molecule has 0 saturated carbocycles. The predicted octanol–water partition coefficient (Wildman–Crippen LogP) is 3.99.